The van der Waals surface area contributed by atoms with Gasteiger partial charge in [0, 0.05) is 18.5 Å². The van der Waals surface area contributed by atoms with Crippen molar-refractivity contribution < 1.29 is 9.59 Å². The van der Waals surface area contributed by atoms with Crippen LogP contribution >= 0.6 is 11.3 Å². The maximum atomic E-state index is 12.2. The third-order valence-electron chi connectivity index (χ3n) is 2.86. The summed E-state index contributed by atoms with van der Waals surface area (Å²) in [7, 11) is 0. The molecule has 1 fully saturated rings. The first kappa shape index (κ1) is 11.1. The Labute approximate surface area is 98.3 Å². The summed E-state index contributed by atoms with van der Waals surface area (Å²) in [6, 6.07) is 1.79. The normalized spacial score (nSPS) is 19.4. The van der Waals surface area contributed by atoms with E-state index in [-0.39, 0.29) is 11.8 Å². The van der Waals surface area contributed by atoms with Crippen LogP contribution in [0, 0.1) is 0 Å². The van der Waals surface area contributed by atoms with E-state index in [4.69, 9.17) is 0 Å². The third-order valence-corrected chi connectivity index (χ3v) is 3.55. The van der Waals surface area contributed by atoms with Crippen molar-refractivity contribution in [2.24, 2.45) is 0 Å². The quantitative estimate of drug-likeness (QED) is 0.796. The summed E-state index contributed by atoms with van der Waals surface area (Å²) in [5.74, 6) is -0.163. The number of hydrogen-bond donors (Lipinski definition) is 1. The third kappa shape index (κ3) is 1.71. The molecule has 1 saturated heterocycles. The number of amides is 2. The molecule has 2 amide bonds. The first-order valence-corrected chi connectivity index (χ1v) is 6.10. The number of carbonyl (C=O) groups excluding carboxylic acids is 2. The highest BCUT2D eigenvalue weighted by atomic mass is 32.1. The van der Waals surface area contributed by atoms with Gasteiger partial charge in [0.25, 0.3) is 5.91 Å². The van der Waals surface area contributed by atoms with Crippen LogP contribution in [0.2, 0.25) is 0 Å². The zero-order valence-corrected chi connectivity index (χ0v) is 10.1. The minimum absolute atomic E-state index is 0.0684. The smallest absolute Gasteiger partial charge is 0.255 e. The van der Waals surface area contributed by atoms with Crippen molar-refractivity contribution in [2.75, 3.05) is 13.1 Å². The number of rotatable bonds is 1. The molecule has 0 unspecified atom stereocenters. The van der Waals surface area contributed by atoms with Crippen LogP contribution in [0.15, 0.2) is 16.8 Å². The highest BCUT2D eigenvalue weighted by molar-refractivity contribution is 7.08. The van der Waals surface area contributed by atoms with E-state index in [1.807, 2.05) is 10.8 Å². The summed E-state index contributed by atoms with van der Waals surface area (Å²) in [6.07, 6.45) is 0. The molecule has 0 spiro atoms. The SMILES string of the molecule is CC1(C)C(=O)NCCN1C(=O)c1ccsc1. The Morgan fingerprint density at radius 3 is 2.94 bits per heavy atom. The molecule has 0 bridgehead atoms. The molecule has 16 heavy (non-hydrogen) atoms. The topological polar surface area (TPSA) is 49.4 Å². The first-order valence-electron chi connectivity index (χ1n) is 5.16. The molecule has 0 aromatic carbocycles. The summed E-state index contributed by atoms with van der Waals surface area (Å²) in [6.45, 7) is 4.63. The zero-order chi connectivity index (χ0) is 11.8. The van der Waals surface area contributed by atoms with E-state index in [1.165, 1.54) is 11.3 Å². The number of hydrogen-bond acceptors (Lipinski definition) is 3. The molecule has 2 rings (SSSR count). The molecule has 5 heteroatoms. The molecule has 2 heterocycles. The Morgan fingerprint density at radius 1 is 1.56 bits per heavy atom. The van der Waals surface area contributed by atoms with Crippen LogP contribution in [0.25, 0.3) is 0 Å². The lowest BCUT2D eigenvalue weighted by Crippen LogP contribution is -2.63. The molecule has 1 aliphatic heterocycles. The fourth-order valence-electron chi connectivity index (χ4n) is 1.80. The summed E-state index contributed by atoms with van der Waals surface area (Å²) in [5, 5.41) is 6.45. The maximum absolute atomic E-state index is 12.2. The Balaban J connectivity index is 2.26. The average Bonchev–Trinajstić information content (AvgIpc) is 2.74. The van der Waals surface area contributed by atoms with E-state index < -0.39 is 5.54 Å². The van der Waals surface area contributed by atoms with E-state index in [2.05, 4.69) is 5.32 Å². The Bertz CT molecular complexity index is 412. The van der Waals surface area contributed by atoms with Crippen molar-refractivity contribution in [1.29, 1.82) is 0 Å². The van der Waals surface area contributed by atoms with E-state index in [1.54, 1.807) is 24.8 Å². The van der Waals surface area contributed by atoms with Gasteiger partial charge in [-0.3, -0.25) is 9.59 Å². The maximum Gasteiger partial charge on any atom is 0.255 e. The molecular weight excluding hydrogens is 224 g/mol. The minimum Gasteiger partial charge on any atom is -0.352 e. The monoisotopic (exact) mass is 238 g/mol. The first-order chi connectivity index (χ1) is 7.53. The van der Waals surface area contributed by atoms with Crippen molar-refractivity contribution in [1.82, 2.24) is 10.2 Å². The molecule has 1 aromatic rings. The van der Waals surface area contributed by atoms with Crippen LogP contribution in [0.3, 0.4) is 0 Å². The number of nitrogens with zero attached hydrogens (tertiary/aromatic N) is 1. The molecule has 0 aliphatic carbocycles. The fraction of sp³-hybridized carbons (Fsp3) is 0.455. The largest absolute Gasteiger partial charge is 0.352 e. The van der Waals surface area contributed by atoms with Crippen LogP contribution in [-0.2, 0) is 4.79 Å². The van der Waals surface area contributed by atoms with Crippen molar-refractivity contribution in [3.8, 4) is 0 Å². The number of nitrogens with one attached hydrogen (secondary N) is 1. The minimum atomic E-state index is -0.767. The lowest BCUT2D eigenvalue weighted by atomic mass is 9.98. The summed E-state index contributed by atoms with van der Waals surface area (Å²) in [5.41, 5.74) is -0.107. The zero-order valence-electron chi connectivity index (χ0n) is 9.32. The summed E-state index contributed by atoms with van der Waals surface area (Å²) in [4.78, 5) is 25.5. The van der Waals surface area contributed by atoms with Gasteiger partial charge in [-0.15, -0.1) is 0 Å². The van der Waals surface area contributed by atoms with Crippen molar-refractivity contribution >= 4 is 23.2 Å². The molecule has 86 valence electrons. The highest BCUT2D eigenvalue weighted by Gasteiger charge is 2.40. The molecule has 0 radical (unpaired) electrons. The second-order valence-corrected chi connectivity index (χ2v) is 5.06. The van der Waals surface area contributed by atoms with Crippen molar-refractivity contribution in [3.05, 3.63) is 22.4 Å². The van der Waals surface area contributed by atoms with Gasteiger partial charge in [-0.25, -0.2) is 0 Å². The van der Waals surface area contributed by atoms with Gasteiger partial charge in [0.2, 0.25) is 5.91 Å². The standard InChI is InChI=1S/C11H14N2O2S/c1-11(2)10(15)12-4-5-13(11)9(14)8-3-6-16-7-8/h3,6-7H,4-5H2,1-2H3,(H,12,15). The molecule has 1 aromatic heterocycles. The van der Waals surface area contributed by atoms with E-state index in [0.29, 0.717) is 18.7 Å². The van der Waals surface area contributed by atoms with E-state index in [0.717, 1.165) is 0 Å². The Morgan fingerprint density at radius 2 is 2.31 bits per heavy atom. The molecule has 0 atom stereocenters. The van der Waals surface area contributed by atoms with Crippen LogP contribution in [0.5, 0.6) is 0 Å². The second-order valence-electron chi connectivity index (χ2n) is 4.28. The van der Waals surface area contributed by atoms with Gasteiger partial charge in [0.15, 0.2) is 0 Å². The number of piperazine rings is 1. The highest BCUT2D eigenvalue weighted by Crippen LogP contribution is 2.21. The second kappa shape index (κ2) is 3.90. The van der Waals surface area contributed by atoms with E-state index in [9.17, 15) is 9.59 Å². The predicted octanol–water partition coefficient (Wildman–Crippen LogP) is 1.10. The van der Waals surface area contributed by atoms with Crippen LogP contribution in [0.4, 0.5) is 0 Å². The molecule has 1 aliphatic rings. The lowest BCUT2D eigenvalue weighted by Gasteiger charge is -2.41. The van der Waals surface area contributed by atoms with Gasteiger partial charge >= 0.3 is 0 Å². The van der Waals surface area contributed by atoms with Crippen LogP contribution in [0.1, 0.15) is 24.2 Å². The molecule has 1 N–H and O–H groups in total. The fourth-order valence-corrected chi connectivity index (χ4v) is 2.43. The molecule has 0 saturated carbocycles. The van der Waals surface area contributed by atoms with Crippen LogP contribution in [-0.4, -0.2) is 35.3 Å². The lowest BCUT2D eigenvalue weighted by molar-refractivity contribution is -0.133. The Hall–Kier alpha value is -1.36. The van der Waals surface area contributed by atoms with Crippen molar-refractivity contribution in [2.45, 2.75) is 19.4 Å². The summed E-state index contributed by atoms with van der Waals surface area (Å²) < 4.78 is 0. The van der Waals surface area contributed by atoms with Gasteiger partial charge in [0.05, 0.1) is 5.56 Å². The number of carbonyl (C=O) groups is 2. The van der Waals surface area contributed by atoms with Crippen LogP contribution < -0.4 is 5.32 Å². The predicted molar refractivity (Wildman–Crippen MR) is 62.4 cm³/mol. The van der Waals surface area contributed by atoms with Crippen molar-refractivity contribution in [3.63, 3.8) is 0 Å². The number of thiophene rings is 1. The van der Waals surface area contributed by atoms with Gasteiger partial charge in [0.1, 0.15) is 5.54 Å². The molecular formula is C11H14N2O2S. The molecule has 4 nitrogen and oxygen atoms in total. The summed E-state index contributed by atoms with van der Waals surface area (Å²) >= 11 is 1.48. The van der Waals surface area contributed by atoms with Gasteiger partial charge in [-0.05, 0) is 25.3 Å². The van der Waals surface area contributed by atoms with Gasteiger partial charge in [-0.1, -0.05) is 0 Å². The van der Waals surface area contributed by atoms with E-state index >= 15 is 0 Å². The van der Waals surface area contributed by atoms with Gasteiger partial charge in [-0.2, -0.15) is 11.3 Å². The Kier molecular flexibility index (Phi) is 2.71. The van der Waals surface area contributed by atoms with Gasteiger partial charge < -0.3 is 10.2 Å². The average molecular weight is 238 g/mol.